The molecule has 1 aliphatic rings. The zero-order valence-electron chi connectivity index (χ0n) is 12.0. The van der Waals surface area contributed by atoms with Crippen LogP contribution in [0.2, 0.25) is 0 Å². The quantitative estimate of drug-likeness (QED) is 0.938. The molecule has 6 heteroatoms. The molecule has 0 fully saturated rings. The van der Waals surface area contributed by atoms with Crippen molar-refractivity contribution < 1.29 is 14.3 Å². The molecule has 110 valence electrons. The summed E-state index contributed by atoms with van der Waals surface area (Å²) in [4.78, 5) is 12.3. The second-order valence-electron chi connectivity index (χ2n) is 5.31. The lowest BCUT2D eigenvalue weighted by molar-refractivity contribution is 0.102. The highest BCUT2D eigenvalue weighted by Crippen LogP contribution is 2.32. The second kappa shape index (κ2) is 5.47. The first-order valence-corrected chi connectivity index (χ1v) is 6.86. The van der Waals surface area contributed by atoms with Gasteiger partial charge in [0.25, 0.3) is 5.91 Å². The average Bonchev–Trinajstić information content (AvgIpc) is 3.06. The number of amides is 1. The highest BCUT2D eigenvalue weighted by molar-refractivity contribution is 6.04. The SMILES string of the molecule is CC(C)Cn1nccc1NC(=O)c1ccc2c(c1)OCO2. The summed E-state index contributed by atoms with van der Waals surface area (Å²) in [5.74, 6) is 2.20. The number of fused-ring (bicyclic) bond motifs is 1. The van der Waals surface area contributed by atoms with Crippen LogP contribution >= 0.6 is 0 Å². The van der Waals surface area contributed by atoms with Crippen LogP contribution in [0.15, 0.2) is 30.5 Å². The van der Waals surface area contributed by atoms with E-state index in [-0.39, 0.29) is 12.7 Å². The van der Waals surface area contributed by atoms with E-state index in [1.54, 1.807) is 35.1 Å². The normalized spacial score (nSPS) is 12.7. The predicted molar refractivity (Wildman–Crippen MR) is 77.6 cm³/mol. The first-order valence-electron chi connectivity index (χ1n) is 6.86. The fourth-order valence-corrected chi connectivity index (χ4v) is 2.16. The van der Waals surface area contributed by atoms with Crippen molar-refractivity contribution in [3.8, 4) is 11.5 Å². The first kappa shape index (κ1) is 13.5. The van der Waals surface area contributed by atoms with Crippen molar-refractivity contribution >= 4 is 11.7 Å². The van der Waals surface area contributed by atoms with E-state index < -0.39 is 0 Å². The molecule has 1 N–H and O–H groups in total. The highest BCUT2D eigenvalue weighted by atomic mass is 16.7. The fraction of sp³-hybridized carbons (Fsp3) is 0.333. The minimum Gasteiger partial charge on any atom is -0.454 e. The van der Waals surface area contributed by atoms with Crippen molar-refractivity contribution in [2.75, 3.05) is 12.1 Å². The van der Waals surface area contributed by atoms with Crippen molar-refractivity contribution in [1.29, 1.82) is 0 Å². The van der Waals surface area contributed by atoms with Gasteiger partial charge in [-0.3, -0.25) is 4.79 Å². The van der Waals surface area contributed by atoms with E-state index in [9.17, 15) is 4.79 Å². The van der Waals surface area contributed by atoms with Crippen molar-refractivity contribution in [3.63, 3.8) is 0 Å². The van der Waals surface area contributed by atoms with Gasteiger partial charge in [0.1, 0.15) is 5.82 Å². The summed E-state index contributed by atoms with van der Waals surface area (Å²) in [6.07, 6.45) is 1.68. The van der Waals surface area contributed by atoms with Crippen molar-refractivity contribution in [2.24, 2.45) is 5.92 Å². The van der Waals surface area contributed by atoms with E-state index in [1.165, 1.54) is 0 Å². The monoisotopic (exact) mass is 287 g/mol. The molecular formula is C15H17N3O3. The standard InChI is InChI=1S/C15H17N3O3/c1-10(2)8-18-14(5-6-16-18)17-15(19)11-3-4-12-13(7-11)21-9-20-12/h3-7,10H,8-9H2,1-2H3,(H,17,19). The second-order valence-corrected chi connectivity index (χ2v) is 5.31. The molecule has 0 unspecified atom stereocenters. The predicted octanol–water partition coefficient (Wildman–Crippen LogP) is 2.52. The van der Waals surface area contributed by atoms with Crippen molar-refractivity contribution in [2.45, 2.75) is 20.4 Å². The number of nitrogens with one attached hydrogen (secondary N) is 1. The number of carbonyl (C=O) groups is 1. The number of rotatable bonds is 4. The van der Waals surface area contributed by atoms with Crippen LogP contribution in [0.25, 0.3) is 0 Å². The average molecular weight is 287 g/mol. The molecule has 0 aliphatic carbocycles. The van der Waals surface area contributed by atoms with Gasteiger partial charge in [-0.1, -0.05) is 13.8 Å². The van der Waals surface area contributed by atoms with Gasteiger partial charge in [-0.2, -0.15) is 5.10 Å². The summed E-state index contributed by atoms with van der Waals surface area (Å²) >= 11 is 0. The summed E-state index contributed by atoms with van der Waals surface area (Å²) in [6.45, 7) is 5.15. The summed E-state index contributed by atoms with van der Waals surface area (Å²) in [7, 11) is 0. The topological polar surface area (TPSA) is 65.4 Å². The van der Waals surface area contributed by atoms with Crippen LogP contribution in [0.1, 0.15) is 24.2 Å². The van der Waals surface area contributed by atoms with E-state index >= 15 is 0 Å². The number of carbonyl (C=O) groups excluding carboxylic acids is 1. The van der Waals surface area contributed by atoms with Gasteiger partial charge in [0.05, 0.1) is 6.20 Å². The summed E-state index contributed by atoms with van der Waals surface area (Å²) in [5, 5.41) is 7.09. The first-order chi connectivity index (χ1) is 10.1. The Morgan fingerprint density at radius 2 is 2.14 bits per heavy atom. The zero-order chi connectivity index (χ0) is 14.8. The molecule has 2 aromatic rings. The number of anilines is 1. The van der Waals surface area contributed by atoms with Gasteiger partial charge in [-0.15, -0.1) is 0 Å². The van der Waals surface area contributed by atoms with Gasteiger partial charge in [0.2, 0.25) is 6.79 Å². The zero-order valence-corrected chi connectivity index (χ0v) is 12.0. The Kier molecular flexibility index (Phi) is 3.51. The smallest absolute Gasteiger partial charge is 0.256 e. The summed E-state index contributed by atoms with van der Waals surface area (Å²) in [6, 6.07) is 6.92. The van der Waals surface area contributed by atoms with Gasteiger partial charge in [-0.05, 0) is 24.1 Å². The third-order valence-corrected chi connectivity index (χ3v) is 3.13. The lowest BCUT2D eigenvalue weighted by Gasteiger charge is -2.11. The molecule has 0 bridgehead atoms. The molecule has 21 heavy (non-hydrogen) atoms. The molecule has 1 aromatic carbocycles. The highest BCUT2D eigenvalue weighted by Gasteiger charge is 2.17. The van der Waals surface area contributed by atoms with E-state index in [1.807, 2.05) is 0 Å². The number of ether oxygens (including phenoxy) is 2. The Hall–Kier alpha value is -2.50. The molecule has 1 aromatic heterocycles. The van der Waals surface area contributed by atoms with Crippen LogP contribution in [0.5, 0.6) is 11.5 Å². The summed E-state index contributed by atoms with van der Waals surface area (Å²) < 4.78 is 12.3. The maximum Gasteiger partial charge on any atom is 0.256 e. The molecule has 0 saturated carbocycles. The van der Waals surface area contributed by atoms with Crippen LogP contribution in [0.4, 0.5) is 5.82 Å². The maximum absolute atomic E-state index is 12.3. The van der Waals surface area contributed by atoms with Crippen LogP contribution in [-0.2, 0) is 6.54 Å². The van der Waals surface area contributed by atoms with Crippen molar-refractivity contribution in [1.82, 2.24) is 9.78 Å². The number of aromatic nitrogens is 2. The molecule has 0 spiro atoms. The lowest BCUT2D eigenvalue weighted by atomic mass is 10.2. The van der Waals surface area contributed by atoms with Gasteiger partial charge >= 0.3 is 0 Å². The van der Waals surface area contributed by atoms with Gasteiger partial charge in [0, 0.05) is 18.2 Å². The van der Waals surface area contributed by atoms with E-state index in [0.717, 1.165) is 6.54 Å². The van der Waals surface area contributed by atoms with Gasteiger partial charge < -0.3 is 14.8 Å². The molecule has 0 radical (unpaired) electrons. The molecule has 2 heterocycles. The van der Waals surface area contributed by atoms with Crippen molar-refractivity contribution in [3.05, 3.63) is 36.0 Å². The molecule has 1 amide bonds. The minimum atomic E-state index is -0.196. The fourth-order valence-electron chi connectivity index (χ4n) is 2.16. The van der Waals surface area contributed by atoms with E-state index in [2.05, 4.69) is 24.3 Å². The van der Waals surface area contributed by atoms with Crippen LogP contribution in [0.3, 0.4) is 0 Å². The number of nitrogens with zero attached hydrogens (tertiary/aromatic N) is 2. The molecule has 0 atom stereocenters. The summed E-state index contributed by atoms with van der Waals surface area (Å²) in [5.41, 5.74) is 0.525. The molecule has 6 nitrogen and oxygen atoms in total. The molecule has 0 saturated heterocycles. The van der Waals surface area contributed by atoms with E-state index in [4.69, 9.17) is 9.47 Å². The molecular weight excluding hydrogens is 270 g/mol. The minimum absolute atomic E-state index is 0.196. The Labute approximate surface area is 122 Å². The van der Waals surface area contributed by atoms with Gasteiger partial charge in [-0.25, -0.2) is 4.68 Å². The number of hydrogen-bond donors (Lipinski definition) is 1. The molecule has 1 aliphatic heterocycles. The lowest BCUT2D eigenvalue weighted by Crippen LogP contribution is -2.17. The van der Waals surface area contributed by atoms with E-state index in [0.29, 0.717) is 28.8 Å². The Balaban J connectivity index is 1.76. The Bertz CT molecular complexity index is 664. The molecule has 3 rings (SSSR count). The van der Waals surface area contributed by atoms with Crippen LogP contribution in [0, 0.1) is 5.92 Å². The maximum atomic E-state index is 12.3. The third kappa shape index (κ3) is 2.84. The van der Waals surface area contributed by atoms with Crippen LogP contribution in [-0.4, -0.2) is 22.5 Å². The number of hydrogen-bond acceptors (Lipinski definition) is 4. The number of benzene rings is 1. The van der Waals surface area contributed by atoms with Gasteiger partial charge in [0.15, 0.2) is 11.5 Å². The largest absolute Gasteiger partial charge is 0.454 e. The Morgan fingerprint density at radius 3 is 2.95 bits per heavy atom. The third-order valence-electron chi connectivity index (χ3n) is 3.13. The Morgan fingerprint density at radius 1 is 1.33 bits per heavy atom. The van der Waals surface area contributed by atoms with Crippen LogP contribution < -0.4 is 14.8 Å².